The van der Waals surface area contributed by atoms with Gasteiger partial charge in [-0.05, 0) is 42.7 Å². The van der Waals surface area contributed by atoms with Crippen molar-refractivity contribution in [2.24, 2.45) is 11.8 Å². The fourth-order valence-electron chi connectivity index (χ4n) is 4.14. The first-order valence-electron chi connectivity index (χ1n) is 10.7. The van der Waals surface area contributed by atoms with E-state index in [1.807, 2.05) is 13.0 Å². The summed E-state index contributed by atoms with van der Waals surface area (Å²) in [7, 11) is 0. The molecule has 2 N–H and O–H groups in total. The third-order valence-corrected chi connectivity index (χ3v) is 5.84. The van der Waals surface area contributed by atoms with Gasteiger partial charge in [-0.3, -0.25) is 4.79 Å². The Labute approximate surface area is 163 Å². The quantitative estimate of drug-likeness (QED) is 0.475. The first kappa shape index (κ1) is 21.7. The lowest BCUT2D eigenvalue weighted by Gasteiger charge is -2.33. The maximum Gasteiger partial charge on any atom is 0.159 e. The van der Waals surface area contributed by atoms with Gasteiger partial charge in [0, 0.05) is 18.3 Å². The van der Waals surface area contributed by atoms with Gasteiger partial charge in [0.05, 0.1) is 5.60 Å². The molecule has 152 valence electrons. The molecule has 1 aliphatic rings. The van der Waals surface area contributed by atoms with Crippen molar-refractivity contribution in [3.63, 3.8) is 0 Å². The molecule has 6 heteroatoms. The molecule has 0 radical (unpaired) electrons. The van der Waals surface area contributed by atoms with Crippen LogP contribution in [0.2, 0.25) is 0 Å². The number of aromatic nitrogens is 4. The molecular formula is C21H36N4O2. The van der Waals surface area contributed by atoms with Gasteiger partial charge in [-0.25, -0.2) is 5.10 Å². The van der Waals surface area contributed by atoms with E-state index in [9.17, 15) is 9.90 Å². The number of aryl methyl sites for hydroxylation is 1. The van der Waals surface area contributed by atoms with Gasteiger partial charge in [0.25, 0.3) is 0 Å². The molecule has 1 aliphatic carbocycles. The Morgan fingerprint density at radius 3 is 2.59 bits per heavy atom. The van der Waals surface area contributed by atoms with E-state index in [4.69, 9.17) is 0 Å². The summed E-state index contributed by atoms with van der Waals surface area (Å²) >= 11 is 0. The van der Waals surface area contributed by atoms with E-state index in [-0.39, 0.29) is 17.6 Å². The lowest BCUT2D eigenvalue weighted by molar-refractivity contribution is -0.121. The smallest absolute Gasteiger partial charge is 0.159 e. The molecule has 0 spiro atoms. The second kappa shape index (κ2) is 11.3. The number of hydrogen-bond acceptors (Lipinski definition) is 5. The molecule has 0 bridgehead atoms. The van der Waals surface area contributed by atoms with Crippen LogP contribution < -0.4 is 0 Å². The minimum Gasteiger partial charge on any atom is -0.390 e. The third-order valence-electron chi connectivity index (χ3n) is 5.84. The molecule has 0 fully saturated rings. The molecule has 1 aromatic heterocycles. The topological polar surface area (TPSA) is 91.8 Å². The van der Waals surface area contributed by atoms with Gasteiger partial charge in [-0.15, -0.1) is 5.10 Å². The zero-order chi connectivity index (χ0) is 19.5. The maximum atomic E-state index is 12.3. The van der Waals surface area contributed by atoms with Gasteiger partial charge in [-0.2, -0.15) is 0 Å². The molecule has 0 aliphatic heterocycles. The fraction of sp³-hybridized carbons (Fsp3) is 0.810. The number of nitrogens with one attached hydrogen (secondary N) is 1. The first-order chi connectivity index (χ1) is 13.0. The molecule has 0 aromatic carbocycles. The molecule has 2 rings (SSSR count). The summed E-state index contributed by atoms with van der Waals surface area (Å²) in [4.78, 5) is 12.3. The standard InChI is InChI=1S/C21H36N4O2/c1-3-4-5-8-11-16-21(2,27)18-14-15-19(26)17(18)12-9-6-7-10-13-20-22-24-25-23-20/h14-15,17-18,27H,3-13,16H2,1-2H3,(H,22,23,24,25)/t17-,18-,21?/m0/s1. The van der Waals surface area contributed by atoms with Gasteiger partial charge in [0.2, 0.25) is 0 Å². The highest BCUT2D eigenvalue weighted by molar-refractivity contribution is 5.94. The first-order valence-corrected chi connectivity index (χ1v) is 10.7. The summed E-state index contributed by atoms with van der Waals surface area (Å²) in [6.07, 6.45) is 16.4. The highest BCUT2D eigenvalue weighted by Crippen LogP contribution is 2.38. The zero-order valence-corrected chi connectivity index (χ0v) is 17.0. The van der Waals surface area contributed by atoms with Crippen LogP contribution in [-0.4, -0.2) is 37.1 Å². The van der Waals surface area contributed by atoms with Crippen LogP contribution in [0.4, 0.5) is 0 Å². The van der Waals surface area contributed by atoms with E-state index in [0.29, 0.717) is 0 Å². The van der Waals surface area contributed by atoms with Crippen molar-refractivity contribution in [3.05, 3.63) is 18.0 Å². The van der Waals surface area contributed by atoms with Crippen molar-refractivity contribution >= 4 is 5.78 Å². The van der Waals surface area contributed by atoms with E-state index < -0.39 is 5.60 Å². The number of carbonyl (C=O) groups excluding carboxylic acids is 1. The molecular weight excluding hydrogens is 340 g/mol. The number of allylic oxidation sites excluding steroid dienone is 1. The summed E-state index contributed by atoms with van der Waals surface area (Å²) in [6, 6.07) is 0. The average molecular weight is 377 g/mol. The van der Waals surface area contributed by atoms with Crippen molar-refractivity contribution < 1.29 is 9.90 Å². The lowest BCUT2D eigenvalue weighted by atomic mass is 9.76. The molecule has 27 heavy (non-hydrogen) atoms. The molecule has 6 nitrogen and oxygen atoms in total. The van der Waals surface area contributed by atoms with Gasteiger partial charge in [-0.1, -0.05) is 64.4 Å². The predicted octanol–water partition coefficient (Wildman–Crippen LogP) is 4.18. The Hall–Kier alpha value is -1.56. The summed E-state index contributed by atoms with van der Waals surface area (Å²) < 4.78 is 0. The van der Waals surface area contributed by atoms with Gasteiger partial charge in [0.15, 0.2) is 5.78 Å². The Morgan fingerprint density at radius 2 is 1.85 bits per heavy atom. The number of carbonyl (C=O) groups is 1. The van der Waals surface area contributed by atoms with Crippen LogP contribution in [-0.2, 0) is 11.2 Å². The van der Waals surface area contributed by atoms with Crippen LogP contribution in [0.1, 0.15) is 90.3 Å². The van der Waals surface area contributed by atoms with E-state index in [1.165, 1.54) is 25.7 Å². The highest BCUT2D eigenvalue weighted by atomic mass is 16.3. The molecule has 1 heterocycles. The molecule has 0 saturated heterocycles. The number of ketones is 1. The number of unbranched alkanes of at least 4 members (excludes halogenated alkanes) is 7. The van der Waals surface area contributed by atoms with Crippen LogP contribution in [0.5, 0.6) is 0 Å². The molecule has 3 atom stereocenters. The number of rotatable bonds is 14. The largest absolute Gasteiger partial charge is 0.390 e. The van der Waals surface area contributed by atoms with Crippen molar-refractivity contribution in [2.75, 3.05) is 0 Å². The van der Waals surface area contributed by atoms with Crippen LogP contribution in [0.25, 0.3) is 0 Å². The number of H-pyrrole nitrogens is 1. The van der Waals surface area contributed by atoms with Gasteiger partial charge in [0.1, 0.15) is 5.82 Å². The van der Waals surface area contributed by atoms with Crippen LogP contribution >= 0.6 is 0 Å². The second-order valence-electron chi connectivity index (χ2n) is 8.22. The number of nitrogens with zero attached hydrogens (tertiary/aromatic N) is 3. The van der Waals surface area contributed by atoms with Crippen LogP contribution in [0.15, 0.2) is 12.2 Å². The van der Waals surface area contributed by atoms with E-state index in [1.54, 1.807) is 6.08 Å². The summed E-state index contributed by atoms with van der Waals surface area (Å²) in [6.45, 7) is 4.12. The number of aromatic amines is 1. The van der Waals surface area contributed by atoms with Crippen molar-refractivity contribution in [1.82, 2.24) is 20.6 Å². The molecule has 0 saturated carbocycles. The number of hydrogen-bond donors (Lipinski definition) is 2. The van der Waals surface area contributed by atoms with Gasteiger partial charge >= 0.3 is 0 Å². The van der Waals surface area contributed by atoms with Gasteiger partial charge < -0.3 is 5.11 Å². The van der Waals surface area contributed by atoms with Crippen molar-refractivity contribution in [3.8, 4) is 0 Å². The van der Waals surface area contributed by atoms with E-state index in [2.05, 4.69) is 27.5 Å². The van der Waals surface area contributed by atoms with Crippen LogP contribution in [0, 0.1) is 11.8 Å². The highest BCUT2D eigenvalue weighted by Gasteiger charge is 2.40. The predicted molar refractivity (Wildman–Crippen MR) is 106 cm³/mol. The molecule has 1 unspecified atom stereocenters. The van der Waals surface area contributed by atoms with Crippen molar-refractivity contribution in [1.29, 1.82) is 0 Å². The van der Waals surface area contributed by atoms with Crippen LogP contribution in [0.3, 0.4) is 0 Å². The van der Waals surface area contributed by atoms with E-state index in [0.717, 1.165) is 57.2 Å². The van der Waals surface area contributed by atoms with E-state index >= 15 is 0 Å². The Bertz CT molecular complexity index is 569. The lowest BCUT2D eigenvalue weighted by Crippen LogP contribution is -2.38. The fourth-order valence-corrected chi connectivity index (χ4v) is 4.14. The Morgan fingerprint density at radius 1 is 1.11 bits per heavy atom. The zero-order valence-electron chi connectivity index (χ0n) is 17.0. The van der Waals surface area contributed by atoms with Crippen molar-refractivity contribution in [2.45, 2.75) is 96.5 Å². The second-order valence-corrected chi connectivity index (χ2v) is 8.22. The average Bonchev–Trinajstić information content (AvgIpc) is 3.28. The number of tetrazole rings is 1. The molecule has 1 aromatic rings. The third kappa shape index (κ3) is 7.17. The normalized spacial score (nSPS) is 21.7. The summed E-state index contributed by atoms with van der Waals surface area (Å²) in [5, 5.41) is 24.8. The minimum absolute atomic E-state index is 0.0311. The Kier molecular flexibility index (Phi) is 9.11. The SMILES string of the molecule is CCCCCCCC(C)(O)[C@H]1C=CC(=O)[C@H]1CCCCCCc1nnn[nH]1. The number of aliphatic hydroxyl groups is 1. The summed E-state index contributed by atoms with van der Waals surface area (Å²) in [5.74, 6) is 0.949. The minimum atomic E-state index is -0.779. The monoisotopic (exact) mass is 376 g/mol. The maximum absolute atomic E-state index is 12.3. The molecule has 0 amide bonds. The Balaban J connectivity index is 1.68. The summed E-state index contributed by atoms with van der Waals surface area (Å²) in [5.41, 5.74) is -0.779.